The Balaban J connectivity index is 2.02. The van der Waals surface area contributed by atoms with Gasteiger partial charge in [-0.25, -0.2) is 9.18 Å². The number of pyridine rings is 1. The highest BCUT2D eigenvalue weighted by Crippen LogP contribution is 2.26. The molecule has 2 aromatic rings. The third-order valence-corrected chi connectivity index (χ3v) is 6.17. The molecule has 0 aliphatic carbocycles. The molecule has 2 N–H and O–H groups in total. The Bertz CT molecular complexity index is 1270. The molecule has 11 nitrogen and oxygen atoms in total. The lowest BCUT2D eigenvalue weighted by Crippen LogP contribution is -2.45. The van der Waals surface area contributed by atoms with Gasteiger partial charge in [0, 0.05) is 44.0 Å². The third-order valence-electron chi connectivity index (χ3n) is 5.88. The molecule has 1 aliphatic rings. The maximum atomic E-state index is 14.3. The minimum atomic E-state index is -1.04. The van der Waals surface area contributed by atoms with E-state index in [0.29, 0.717) is 12.1 Å². The summed E-state index contributed by atoms with van der Waals surface area (Å²) in [5.41, 5.74) is -0.844. The number of ether oxygens (including phenoxy) is 3. The minimum Gasteiger partial charge on any atom is -0.451 e. The SMILES string of the molecule is CCOC(=O)OCOc1c2n(c(CC)c(C(=O)NCc3cccc(Cl)c3F)c1=O)CCN(CCCO)C2=O. The topological polar surface area (TPSA) is 136 Å². The van der Waals surface area contributed by atoms with Crippen molar-refractivity contribution in [2.75, 3.05) is 33.1 Å². The first-order valence-electron chi connectivity index (χ1n) is 12.1. The Hall–Kier alpha value is -3.64. The number of aliphatic hydroxyl groups excluding tert-OH is 1. The predicted octanol–water partition coefficient (Wildman–Crippen LogP) is 2.48. The molecule has 206 valence electrons. The zero-order valence-electron chi connectivity index (χ0n) is 21.1. The van der Waals surface area contributed by atoms with E-state index in [1.165, 1.54) is 27.7 Å². The smallest absolute Gasteiger partial charge is 0.451 e. The van der Waals surface area contributed by atoms with Gasteiger partial charge in [-0.05, 0) is 25.8 Å². The molecule has 0 saturated heterocycles. The van der Waals surface area contributed by atoms with Crippen molar-refractivity contribution in [1.29, 1.82) is 0 Å². The van der Waals surface area contributed by atoms with Gasteiger partial charge in [-0.15, -0.1) is 0 Å². The highest BCUT2D eigenvalue weighted by Gasteiger charge is 2.34. The lowest BCUT2D eigenvalue weighted by Gasteiger charge is -2.33. The zero-order valence-corrected chi connectivity index (χ0v) is 21.8. The predicted molar refractivity (Wildman–Crippen MR) is 134 cm³/mol. The van der Waals surface area contributed by atoms with Gasteiger partial charge in [-0.2, -0.15) is 0 Å². The van der Waals surface area contributed by atoms with Crippen molar-refractivity contribution in [2.45, 2.75) is 39.8 Å². The molecule has 13 heteroatoms. The first kappa shape index (κ1) is 28.9. The van der Waals surface area contributed by atoms with Gasteiger partial charge in [0.2, 0.25) is 18.0 Å². The molecule has 0 fully saturated rings. The summed E-state index contributed by atoms with van der Waals surface area (Å²) in [6.45, 7) is 3.01. The average Bonchev–Trinajstić information content (AvgIpc) is 2.89. The van der Waals surface area contributed by atoms with Crippen LogP contribution in [0.15, 0.2) is 23.0 Å². The maximum Gasteiger partial charge on any atom is 0.511 e. The van der Waals surface area contributed by atoms with E-state index in [1.54, 1.807) is 13.8 Å². The standard InChI is InChI=1S/C25H29ClFN3O8/c1-3-17-18(23(33)28-13-15-7-5-8-16(26)19(15)27)21(32)22(37-14-38-25(35)36-4-2)20-24(34)29(9-6-12-31)10-11-30(17)20/h5,7-8,31H,3-4,6,9-14H2,1-2H3,(H,28,33). The van der Waals surface area contributed by atoms with E-state index in [-0.39, 0.29) is 67.7 Å². The van der Waals surface area contributed by atoms with Crippen LogP contribution in [0.1, 0.15) is 52.4 Å². The molecule has 2 heterocycles. The number of nitrogens with one attached hydrogen (secondary N) is 1. The van der Waals surface area contributed by atoms with Crippen molar-refractivity contribution in [3.05, 3.63) is 61.8 Å². The van der Waals surface area contributed by atoms with Crippen molar-refractivity contribution in [3.8, 4) is 5.75 Å². The molecule has 1 aromatic carbocycles. The Morgan fingerprint density at radius 2 is 1.95 bits per heavy atom. The number of hydrogen-bond donors (Lipinski definition) is 2. The number of halogens is 2. The van der Waals surface area contributed by atoms with Crippen molar-refractivity contribution in [2.24, 2.45) is 0 Å². The minimum absolute atomic E-state index is 0.0535. The summed E-state index contributed by atoms with van der Waals surface area (Å²) < 4.78 is 30.8. The van der Waals surface area contributed by atoms with Crippen LogP contribution < -0.4 is 15.5 Å². The molecule has 0 saturated carbocycles. The molecule has 1 aromatic heterocycles. The lowest BCUT2D eigenvalue weighted by atomic mass is 10.0. The number of carbonyl (C=O) groups is 3. The van der Waals surface area contributed by atoms with Crippen molar-refractivity contribution >= 4 is 29.6 Å². The Morgan fingerprint density at radius 1 is 1.18 bits per heavy atom. The van der Waals surface area contributed by atoms with E-state index in [4.69, 9.17) is 21.1 Å². The second kappa shape index (κ2) is 13.2. The summed E-state index contributed by atoms with van der Waals surface area (Å²) in [4.78, 5) is 53.2. The van der Waals surface area contributed by atoms with Gasteiger partial charge in [0.25, 0.3) is 11.8 Å². The summed E-state index contributed by atoms with van der Waals surface area (Å²) in [5.74, 6) is -2.49. The van der Waals surface area contributed by atoms with E-state index < -0.39 is 41.8 Å². The van der Waals surface area contributed by atoms with E-state index in [9.17, 15) is 28.7 Å². The summed E-state index contributed by atoms with van der Waals surface area (Å²) in [6, 6.07) is 4.35. The molecular formula is C25H29ClFN3O8. The highest BCUT2D eigenvalue weighted by molar-refractivity contribution is 6.30. The number of aromatic nitrogens is 1. The number of amides is 2. The first-order chi connectivity index (χ1) is 18.2. The van der Waals surface area contributed by atoms with Crippen molar-refractivity contribution in [3.63, 3.8) is 0 Å². The molecule has 0 spiro atoms. The fraction of sp³-hybridized carbons (Fsp3) is 0.440. The van der Waals surface area contributed by atoms with Crippen LogP contribution in [0.4, 0.5) is 9.18 Å². The monoisotopic (exact) mass is 553 g/mol. The second-order valence-electron chi connectivity index (χ2n) is 8.19. The van der Waals surface area contributed by atoms with Gasteiger partial charge in [-0.1, -0.05) is 30.7 Å². The van der Waals surface area contributed by atoms with Crippen LogP contribution >= 0.6 is 11.6 Å². The van der Waals surface area contributed by atoms with Crippen LogP contribution in [-0.4, -0.2) is 65.6 Å². The van der Waals surface area contributed by atoms with Gasteiger partial charge >= 0.3 is 6.16 Å². The number of aliphatic hydroxyl groups is 1. The number of benzene rings is 1. The molecule has 3 rings (SSSR count). The van der Waals surface area contributed by atoms with Crippen LogP contribution in [0.3, 0.4) is 0 Å². The molecule has 0 radical (unpaired) electrons. The largest absolute Gasteiger partial charge is 0.511 e. The fourth-order valence-electron chi connectivity index (χ4n) is 4.13. The number of fused-ring (bicyclic) bond motifs is 1. The van der Waals surface area contributed by atoms with E-state index >= 15 is 0 Å². The molecule has 0 unspecified atom stereocenters. The fourth-order valence-corrected chi connectivity index (χ4v) is 4.33. The summed E-state index contributed by atoms with van der Waals surface area (Å²) in [7, 11) is 0. The van der Waals surface area contributed by atoms with Crippen LogP contribution in [0.2, 0.25) is 5.02 Å². The summed E-state index contributed by atoms with van der Waals surface area (Å²) in [5, 5.41) is 11.6. The number of carbonyl (C=O) groups excluding carboxylic acids is 3. The normalized spacial score (nSPS) is 12.7. The van der Waals surface area contributed by atoms with Crippen molar-refractivity contribution < 1.29 is 38.1 Å². The molecule has 38 heavy (non-hydrogen) atoms. The van der Waals surface area contributed by atoms with Crippen LogP contribution in [0.25, 0.3) is 0 Å². The molecular weight excluding hydrogens is 525 g/mol. The van der Waals surface area contributed by atoms with Crippen LogP contribution in [0.5, 0.6) is 5.75 Å². The van der Waals surface area contributed by atoms with Gasteiger partial charge in [0.05, 0.1) is 11.6 Å². The molecule has 2 amide bonds. The first-order valence-corrected chi connectivity index (χ1v) is 12.5. The second-order valence-corrected chi connectivity index (χ2v) is 8.60. The summed E-state index contributed by atoms with van der Waals surface area (Å²) >= 11 is 5.81. The Morgan fingerprint density at radius 3 is 2.63 bits per heavy atom. The van der Waals surface area contributed by atoms with E-state index in [1.807, 2.05) is 0 Å². The van der Waals surface area contributed by atoms with Crippen molar-refractivity contribution in [1.82, 2.24) is 14.8 Å². The van der Waals surface area contributed by atoms with Gasteiger partial charge in [0.1, 0.15) is 11.4 Å². The molecule has 0 atom stereocenters. The highest BCUT2D eigenvalue weighted by atomic mass is 35.5. The quantitative estimate of drug-likeness (QED) is 0.320. The Kier molecular flexibility index (Phi) is 10.1. The van der Waals surface area contributed by atoms with Gasteiger partial charge in [-0.3, -0.25) is 14.4 Å². The maximum absolute atomic E-state index is 14.3. The van der Waals surface area contributed by atoms with Gasteiger partial charge < -0.3 is 34.1 Å². The zero-order chi connectivity index (χ0) is 27.8. The van der Waals surface area contributed by atoms with E-state index in [0.717, 1.165) is 0 Å². The average molecular weight is 554 g/mol. The number of rotatable bonds is 11. The third kappa shape index (κ3) is 6.25. The number of nitrogens with zero attached hydrogens (tertiary/aromatic N) is 2. The molecule has 0 bridgehead atoms. The Labute approximate surface area is 223 Å². The van der Waals surface area contributed by atoms with Crippen LogP contribution in [0, 0.1) is 5.82 Å². The van der Waals surface area contributed by atoms with E-state index in [2.05, 4.69) is 10.1 Å². The number of hydrogen-bond acceptors (Lipinski definition) is 8. The van der Waals surface area contributed by atoms with Crippen LogP contribution in [-0.2, 0) is 29.0 Å². The molecule has 1 aliphatic heterocycles. The summed E-state index contributed by atoms with van der Waals surface area (Å²) in [6.07, 6.45) is -0.483. The van der Waals surface area contributed by atoms with Gasteiger partial charge in [0.15, 0.2) is 5.69 Å². The lowest BCUT2D eigenvalue weighted by molar-refractivity contribution is 0.00552.